The van der Waals surface area contributed by atoms with Crippen LogP contribution in [0, 0.1) is 17.8 Å². The SMILES string of the molecule is CCCCC[C@H](O)/C=C/[C@H]1[C@H](O)CC(=O)[C@@H]1C/C=C\CCCC(=O)OC[C@H](COP(=O)(O)OC[C@@H](O)COP(=O)(O)O)OC(=O)CCCCCCCCCCCCCCCCCCCCC(C)C. The van der Waals surface area contributed by atoms with Gasteiger partial charge in [0.25, 0.3) is 0 Å². The largest absolute Gasteiger partial charge is 0.472 e. The van der Waals surface area contributed by atoms with Crippen LogP contribution in [0.2, 0.25) is 0 Å². The van der Waals surface area contributed by atoms with E-state index in [4.69, 9.17) is 28.3 Å². The lowest BCUT2D eigenvalue weighted by atomic mass is 9.90. The van der Waals surface area contributed by atoms with Gasteiger partial charge in [0, 0.05) is 31.1 Å². The summed E-state index contributed by atoms with van der Waals surface area (Å²) in [5.41, 5.74) is 0. The smallest absolute Gasteiger partial charge is 0.462 e. The zero-order chi connectivity index (χ0) is 50.5. The molecule has 1 rings (SSSR count). The van der Waals surface area contributed by atoms with Crippen LogP contribution in [0.25, 0.3) is 0 Å². The molecule has 0 spiro atoms. The van der Waals surface area contributed by atoms with Gasteiger partial charge in [-0.15, -0.1) is 0 Å². The highest BCUT2D eigenvalue weighted by Crippen LogP contribution is 2.44. The van der Waals surface area contributed by atoms with Gasteiger partial charge in [-0.2, -0.15) is 0 Å². The maximum atomic E-state index is 12.8. The summed E-state index contributed by atoms with van der Waals surface area (Å²) in [7, 11) is -9.78. The molecule has 18 heteroatoms. The Kier molecular flexibility index (Phi) is 37.5. The fraction of sp³-hybridized carbons (Fsp3) is 0.860. The first-order valence-electron chi connectivity index (χ1n) is 26.0. The highest BCUT2D eigenvalue weighted by atomic mass is 31.2. The topological polar surface area (TPSA) is 253 Å². The molecule has 0 heterocycles. The Morgan fingerprint density at radius 3 is 1.74 bits per heavy atom. The van der Waals surface area contributed by atoms with Crippen LogP contribution in [0.4, 0.5) is 0 Å². The third kappa shape index (κ3) is 37.0. The first-order valence-corrected chi connectivity index (χ1v) is 29.0. The molecule has 0 aliphatic heterocycles. The number of hydrogen-bond acceptors (Lipinski definition) is 13. The summed E-state index contributed by atoms with van der Waals surface area (Å²) in [5, 5.41) is 30.5. The molecule has 0 saturated heterocycles. The number of phosphoric ester groups is 2. The van der Waals surface area contributed by atoms with E-state index in [9.17, 15) is 43.7 Å². The lowest BCUT2D eigenvalue weighted by Crippen LogP contribution is -2.30. The molecule has 0 aromatic heterocycles. The van der Waals surface area contributed by atoms with Gasteiger partial charge in [-0.1, -0.05) is 180 Å². The number of esters is 2. The third-order valence-electron chi connectivity index (χ3n) is 12.1. The number of aliphatic hydroxyl groups is 3. The van der Waals surface area contributed by atoms with Crippen molar-refractivity contribution < 1.29 is 76.6 Å². The fourth-order valence-electron chi connectivity index (χ4n) is 8.10. The number of allylic oxidation sites excluding steroid dienone is 2. The second-order valence-electron chi connectivity index (χ2n) is 19.1. The van der Waals surface area contributed by atoms with Crippen LogP contribution < -0.4 is 0 Å². The predicted molar refractivity (Wildman–Crippen MR) is 263 cm³/mol. The number of carbonyl (C=O) groups excluding carboxylic acids is 3. The van der Waals surface area contributed by atoms with Gasteiger partial charge in [-0.3, -0.25) is 28.0 Å². The van der Waals surface area contributed by atoms with E-state index in [0.29, 0.717) is 32.1 Å². The van der Waals surface area contributed by atoms with E-state index in [0.717, 1.165) is 50.9 Å². The molecule has 7 atom stereocenters. The minimum absolute atomic E-state index is 0.00338. The van der Waals surface area contributed by atoms with E-state index in [1.165, 1.54) is 89.9 Å². The van der Waals surface area contributed by atoms with Crippen molar-refractivity contribution in [2.45, 2.75) is 231 Å². The van der Waals surface area contributed by atoms with Crippen molar-refractivity contribution in [2.24, 2.45) is 17.8 Å². The number of unbranched alkanes of at least 4 members (excludes halogenated alkanes) is 20. The van der Waals surface area contributed by atoms with Crippen molar-refractivity contribution in [1.29, 1.82) is 0 Å². The summed E-state index contributed by atoms with van der Waals surface area (Å²) in [5.74, 6) is -1.23. The zero-order valence-corrected chi connectivity index (χ0v) is 43.6. The Morgan fingerprint density at radius 2 is 1.18 bits per heavy atom. The molecule has 0 radical (unpaired) electrons. The van der Waals surface area contributed by atoms with E-state index in [1.54, 1.807) is 12.2 Å². The van der Waals surface area contributed by atoms with Crippen LogP contribution in [0.3, 0.4) is 0 Å². The van der Waals surface area contributed by atoms with Crippen molar-refractivity contribution >= 4 is 33.4 Å². The van der Waals surface area contributed by atoms with Crippen molar-refractivity contribution in [3.05, 3.63) is 24.3 Å². The molecule has 1 aliphatic carbocycles. The molecular formula is C50H92O16P2. The first kappa shape index (κ1) is 64.2. The average Bonchev–Trinajstić information content (AvgIpc) is 3.55. The van der Waals surface area contributed by atoms with Crippen LogP contribution in [0.5, 0.6) is 0 Å². The summed E-state index contributed by atoms with van der Waals surface area (Å²) >= 11 is 0. The molecule has 1 aliphatic rings. The molecule has 16 nitrogen and oxygen atoms in total. The quantitative estimate of drug-likeness (QED) is 0.0144. The van der Waals surface area contributed by atoms with Gasteiger partial charge in [0.15, 0.2) is 6.10 Å². The number of aliphatic hydroxyl groups excluding tert-OH is 3. The molecular weight excluding hydrogens is 918 g/mol. The average molecular weight is 1010 g/mol. The molecule has 0 aromatic carbocycles. The Morgan fingerprint density at radius 1 is 0.662 bits per heavy atom. The van der Waals surface area contributed by atoms with Gasteiger partial charge in [-0.25, -0.2) is 9.13 Å². The molecule has 1 unspecified atom stereocenters. The number of hydrogen-bond donors (Lipinski definition) is 6. The molecule has 0 bridgehead atoms. The summed E-state index contributed by atoms with van der Waals surface area (Å²) in [6, 6.07) is 0. The van der Waals surface area contributed by atoms with Gasteiger partial charge < -0.3 is 39.5 Å². The molecule has 1 fully saturated rings. The van der Waals surface area contributed by atoms with E-state index in [-0.39, 0.29) is 31.0 Å². The highest BCUT2D eigenvalue weighted by molar-refractivity contribution is 7.47. The van der Waals surface area contributed by atoms with Gasteiger partial charge in [0.05, 0.1) is 32.0 Å². The Bertz CT molecular complexity index is 1470. The van der Waals surface area contributed by atoms with Crippen LogP contribution in [0.15, 0.2) is 24.3 Å². The monoisotopic (exact) mass is 1010 g/mol. The van der Waals surface area contributed by atoms with Crippen LogP contribution in [-0.4, -0.2) is 98.6 Å². The van der Waals surface area contributed by atoms with E-state index < -0.39 is 84.3 Å². The second kappa shape index (κ2) is 39.8. The number of rotatable bonds is 45. The Hall–Kier alpha value is -1.81. The highest BCUT2D eigenvalue weighted by Gasteiger charge is 2.39. The van der Waals surface area contributed by atoms with Crippen molar-refractivity contribution in [1.82, 2.24) is 0 Å². The third-order valence-corrected chi connectivity index (χ3v) is 13.6. The van der Waals surface area contributed by atoms with Gasteiger partial charge in [0.2, 0.25) is 0 Å². The first-order chi connectivity index (χ1) is 32.4. The van der Waals surface area contributed by atoms with Crippen molar-refractivity contribution in [2.75, 3.05) is 26.4 Å². The molecule has 0 aromatic rings. The fourth-order valence-corrected chi connectivity index (χ4v) is 9.26. The van der Waals surface area contributed by atoms with Gasteiger partial charge >= 0.3 is 27.6 Å². The van der Waals surface area contributed by atoms with Crippen LogP contribution in [-0.2, 0) is 46.6 Å². The number of ketones is 1. The molecule has 0 amide bonds. The maximum Gasteiger partial charge on any atom is 0.472 e. The Balaban J connectivity index is 2.45. The lowest BCUT2D eigenvalue weighted by molar-refractivity contribution is -0.161. The number of Topliss-reactive ketones (excluding diaryl/α,β-unsaturated/α-hetero) is 1. The summed E-state index contributed by atoms with van der Waals surface area (Å²) < 4.78 is 47.9. The number of ether oxygens (including phenoxy) is 2. The molecule has 6 N–H and O–H groups in total. The van der Waals surface area contributed by atoms with Gasteiger partial charge in [0.1, 0.15) is 18.5 Å². The standard InChI is InChI=1S/C50H92O16P2/c1-4-5-24-30-42(51)34-35-46-45(47(53)36-48(46)54)31-26-22-23-27-32-49(55)62-39-44(40-65-68(60,61)64-38-43(52)37-63-67(57,58)59)66-50(56)33-28-21-19-17-15-13-11-9-7-6-8-10-12-14-16-18-20-25-29-41(2)3/h22,26,34-35,41-46,48,51-52,54H,4-21,23-25,27-33,36-40H2,1-3H3,(H,60,61)(H2,57,58,59)/b26-22-,35-34+/t42-,43-,44+,45+,46+,48+/m0/s1. The second-order valence-corrected chi connectivity index (χ2v) is 21.8. The minimum Gasteiger partial charge on any atom is -0.462 e. The van der Waals surface area contributed by atoms with Gasteiger partial charge in [-0.05, 0) is 38.0 Å². The van der Waals surface area contributed by atoms with E-state index >= 15 is 0 Å². The summed E-state index contributed by atoms with van der Waals surface area (Å²) in [4.78, 5) is 65.7. The Labute approximate surface area is 408 Å². The minimum atomic E-state index is -4.90. The van der Waals surface area contributed by atoms with Crippen molar-refractivity contribution in [3.8, 4) is 0 Å². The van der Waals surface area contributed by atoms with Crippen LogP contribution >= 0.6 is 15.6 Å². The van der Waals surface area contributed by atoms with E-state index in [2.05, 4.69) is 25.3 Å². The predicted octanol–water partition coefficient (Wildman–Crippen LogP) is 10.7. The maximum absolute atomic E-state index is 12.8. The number of phosphoric acid groups is 2. The molecule has 68 heavy (non-hydrogen) atoms. The zero-order valence-electron chi connectivity index (χ0n) is 41.8. The summed E-state index contributed by atoms with van der Waals surface area (Å²) in [6.07, 6.45) is 31.0. The number of carbonyl (C=O) groups is 3. The van der Waals surface area contributed by atoms with Crippen molar-refractivity contribution in [3.63, 3.8) is 0 Å². The molecule has 398 valence electrons. The normalized spacial score (nSPS) is 19.0. The van der Waals surface area contributed by atoms with E-state index in [1.807, 2.05) is 12.2 Å². The summed E-state index contributed by atoms with van der Waals surface area (Å²) in [6.45, 7) is 3.74. The van der Waals surface area contributed by atoms with Crippen LogP contribution in [0.1, 0.15) is 207 Å². The lowest BCUT2D eigenvalue weighted by Gasteiger charge is -2.20. The molecule has 1 saturated carbocycles.